The maximum absolute atomic E-state index is 13.5. The topological polar surface area (TPSA) is 78.9 Å². The molecule has 4 rings (SSSR count). The summed E-state index contributed by atoms with van der Waals surface area (Å²) in [7, 11) is 0. The van der Waals surface area contributed by atoms with Gasteiger partial charge >= 0.3 is 5.97 Å². The lowest BCUT2D eigenvalue weighted by Crippen LogP contribution is -2.29. The molecule has 0 radical (unpaired) electrons. The smallest absolute Gasteiger partial charge is 0.337 e. The number of piperidine rings is 1. The number of benzene rings is 3. The van der Waals surface area contributed by atoms with Gasteiger partial charge in [0.25, 0.3) is 5.91 Å². The van der Waals surface area contributed by atoms with Crippen LogP contribution in [-0.2, 0) is 0 Å². The highest BCUT2D eigenvalue weighted by Gasteiger charge is 2.20. The summed E-state index contributed by atoms with van der Waals surface area (Å²) in [6.45, 7) is 4.52. The molecule has 0 aromatic heterocycles. The Kier molecular flexibility index (Phi) is 8.03. The van der Waals surface area contributed by atoms with Gasteiger partial charge in [-0.15, -0.1) is 0 Å². The molecular formula is C29H32N2O4. The van der Waals surface area contributed by atoms with Crippen LogP contribution in [-0.4, -0.2) is 36.7 Å². The number of carbonyl (C=O) groups excluding carboxylic acids is 1. The molecule has 0 spiro atoms. The van der Waals surface area contributed by atoms with Crippen LogP contribution < -0.4 is 15.0 Å². The lowest BCUT2D eigenvalue weighted by atomic mass is 10.0. The fourth-order valence-electron chi connectivity index (χ4n) is 4.33. The molecule has 3 aromatic rings. The second kappa shape index (κ2) is 11.6. The van der Waals surface area contributed by atoms with Crippen molar-refractivity contribution >= 4 is 23.3 Å². The molecule has 0 aliphatic carbocycles. The SMILES string of the molecule is CCCCOc1ccc(N2CCCCC2)cc1C(=O)Nc1cc(-c2ccccc2)ccc1C(=O)O. The minimum absolute atomic E-state index is 0.0404. The molecule has 0 bridgehead atoms. The lowest BCUT2D eigenvalue weighted by molar-refractivity contribution is 0.0698. The van der Waals surface area contributed by atoms with E-state index in [0.29, 0.717) is 17.9 Å². The molecule has 35 heavy (non-hydrogen) atoms. The van der Waals surface area contributed by atoms with Gasteiger partial charge in [0.1, 0.15) is 5.75 Å². The zero-order valence-corrected chi connectivity index (χ0v) is 20.1. The number of hydrogen-bond acceptors (Lipinski definition) is 4. The molecule has 6 heteroatoms. The Morgan fingerprint density at radius 3 is 2.40 bits per heavy atom. The highest BCUT2D eigenvalue weighted by molar-refractivity contribution is 6.10. The van der Waals surface area contributed by atoms with Gasteiger partial charge in [-0.05, 0) is 67.1 Å². The molecule has 0 saturated carbocycles. The summed E-state index contributed by atoms with van der Waals surface area (Å²) < 4.78 is 5.95. The molecule has 1 fully saturated rings. The quantitative estimate of drug-likeness (QED) is 0.349. The average Bonchev–Trinajstić information content (AvgIpc) is 2.89. The van der Waals surface area contributed by atoms with Crippen LogP contribution in [0.15, 0.2) is 66.7 Å². The van der Waals surface area contributed by atoms with Crippen LogP contribution >= 0.6 is 0 Å². The van der Waals surface area contributed by atoms with Crippen molar-refractivity contribution < 1.29 is 19.4 Å². The van der Waals surface area contributed by atoms with Gasteiger partial charge in [0.15, 0.2) is 0 Å². The predicted molar refractivity (Wildman–Crippen MR) is 140 cm³/mol. The van der Waals surface area contributed by atoms with E-state index < -0.39 is 5.97 Å². The number of hydrogen-bond donors (Lipinski definition) is 2. The van der Waals surface area contributed by atoms with Crippen LogP contribution in [0.1, 0.15) is 59.7 Å². The summed E-state index contributed by atoms with van der Waals surface area (Å²) in [5, 5.41) is 12.6. The van der Waals surface area contributed by atoms with Gasteiger partial charge in [0, 0.05) is 18.8 Å². The number of aromatic carboxylic acids is 1. The van der Waals surface area contributed by atoms with E-state index in [4.69, 9.17) is 4.74 Å². The Morgan fingerprint density at radius 2 is 1.69 bits per heavy atom. The summed E-state index contributed by atoms with van der Waals surface area (Å²) in [5.41, 5.74) is 3.45. The van der Waals surface area contributed by atoms with Crippen LogP contribution in [0, 0.1) is 0 Å². The minimum Gasteiger partial charge on any atom is -0.493 e. The van der Waals surface area contributed by atoms with Gasteiger partial charge in [-0.1, -0.05) is 49.7 Å². The van der Waals surface area contributed by atoms with Gasteiger partial charge in [0.05, 0.1) is 23.4 Å². The van der Waals surface area contributed by atoms with E-state index in [0.717, 1.165) is 55.6 Å². The van der Waals surface area contributed by atoms with Crippen LogP contribution in [0.4, 0.5) is 11.4 Å². The van der Waals surface area contributed by atoms with Gasteiger partial charge in [-0.2, -0.15) is 0 Å². The highest BCUT2D eigenvalue weighted by atomic mass is 16.5. The van der Waals surface area contributed by atoms with Crippen molar-refractivity contribution in [2.24, 2.45) is 0 Å². The summed E-state index contributed by atoms with van der Waals surface area (Å²) in [4.78, 5) is 27.7. The molecular weight excluding hydrogens is 440 g/mol. The molecule has 3 aromatic carbocycles. The Hall–Kier alpha value is -3.80. The molecule has 2 N–H and O–H groups in total. The molecule has 1 aliphatic heterocycles. The second-order valence-corrected chi connectivity index (χ2v) is 8.82. The Labute approximate surface area is 206 Å². The molecule has 0 unspecified atom stereocenters. The van der Waals surface area contributed by atoms with Crippen molar-refractivity contribution in [1.82, 2.24) is 0 Å². The maximum Gasteiger partial charge on any atom is 0.337 e. The van der Waals surface area contributed by atoms with Crippen molar-refractivity contribution in [3.63, 3.8) is 0 Å². The van der Waals surface area contributed by atoms with Crippen molar-refractivity contribution in [2.75, 3.05) is 29.9 Å². The fourth-order valence-corrected chi connectivity index (χ4v) is 4.33. The average molecular weight is 473 g/mol. The van der Waals surface area contributed by atoms with Crippen molar-refractivity contribution in [1.29, 1.82) is 0 Å². The number of amides is 1. The molecule has 0 atom stereocenters. The number of unbranched alkanes of at least 4 members (excludes halogenated alkanes) is 1. The van der Waals surface area contributed by atoms with E-state index in [1.807, 2.05) is 48.5 Å². The molecule has 1 saturated heterocycles. The summed E-state index contributed by atoms with van der Waals surface area (Å²) in [5.74, 6) is -0.975. The summed E-state index contributed by atoms with van der Waals surface area (Å²) in [6.07, 6.45) is 5.35. The number of carboxylic acid groups (broad SMARTS) is 1. The van der Waals surface area contributed by atoms with Crippen molar-refractivity contribution in [3.8, 4) is 16.9 Å². The Bertz CT molecular complexity index is 1170. The van der Waals surface area contributed by atoms with Crippen LogP contribution in [0.5, 0.6) is 5.75 Å². The first-order valence-corrected chi connectivity index (χ1v) is 12.3. The van der Waals surface area contributed by atoms with Crippen LogP contribution in [0.25, 0.3) is 11.1 Å². The third kappa shape index (κ3) is 6.01. The number of ether oxygens (including phenoxy) is 1. The molecule has 1 heterocycles. The van der Waals surface area contributed by atoms with Gasteiger partial charge in [-0.25, -0.2) is 4.79 Å². The first kappa shape index (κ1) is 24.3. The van der Waals surface area contributed by atoms with Gasteiger partial charge in [0.2, 0.25) is 0 Å². The zero-order valence-electron chi connectivity index (χ0n) is 20.1. The molecule has 1 aliphatic rings. The van der Waals surface area contributed by atoms with E-state index >= 15 is 0 Å². The zero-order chi connectivity index (χ0) is 24.6. The Balaban J connectivity index is 1.67. The van der Waals surface area contributed by atoms with E-state index in [-0.39, 0.29) is 17.2 Å². The van der Waals surface area contributed by atoms with Gasteiger partial charge in [-0.3, -0.25) is 4.79 Å². The minimum atomic E-state index is -1.10. The standard InChI is InChI=1S/C29H32N2O4/c1-2-3-18-35-27-15-13-23(31-16-8-5-9-17-31)20-25(27)28(32)30-26-19-22(12-14-24(26)29(33)34)21-10-6-4-7-11-21/h4,6-7,10-15,19-20H,2-3,5,8-9,16-18H2,1H3,(H,30,32)(H,33,34). The molecule has 6 nitrogen and oxygen atoms in total. The van der Waals surface area contributed by atoms with Crippen molar-refractivity contribution in [3.05, 3.63) is 77.9 Å². The van der Waals surface area contributed by atoms with E-state index in [1.54, 1.807) is 12.1 Å². The predicted octanol–water partition coefficient (Wildman–Crippen LogP) is 6.47. The normalized spacial score (nSPS) is 13.3. The van der Waals surface area contributed by atoms with Crippen LogP contribution in [0.3, 0.4) is 0 Å². The first-order chi connectivity index (χ1) is 17.1. The Morgan fingerprint density at radius 1 is 0.914 bits per heavy atom. The third-order valence-electron chi connectivity index (χ3n) is 6.29. The first-order valence-electron chi connectivity index (χ1n) is 12.3. The van der Waals surface area contributed by atoms with E-state index in [9.17, 15) is 14.7 Å². The number of carboxylic acids is 1. The monoisotopic (exact) mass is 472 g/mol. The van der Waals surface area contributed by atoms with Crippen molar-refractivity contribution in [2.45, 2.75) is 39.0 Å². The number of carbonyl (C=O) groups is 2. The second-order valence-electron chi connectivity index (χ2n) is 8.82. The number of anilines is 2. The highest BCUT2D eigenvalue weighted by Crippen LogP contribution is 2.30. The summed E-state index contributed by atoms with van der Waals surface area (Å²) in [6, 6.07) is 20.4. The van der Waals surface area contributed by atoms with Crippen LogP contribution in [0.2, 0.25) is 0 Å². The lowest BCUT2D eigenvalue weighted by Gasteiger charge is -2.29. The summed E-state index contributed by atoms with van der Waals surface area (Å²) >= 11 is 0. The number of nitrogens with zero attached hydrogens (tertiary/aromatic N) is 1. The van der Waals surface area contributed by atoms with E-state index in [1.165, 1.54) is 12.5 Å². The molecule has 1 amide bonds. The maximum atomic E-state index is 13.5. The number of nitrogens with one attached hydrogen (secondary N) is 1. The molecule has 182 valence electrons. The number of rotatable bonds is 9. The third-order valence-corrected chi connectivity index (χ3v) is 6.29. The fraction of sp³-hybridized carbons (Fsp3) is 0.310. The largest absolute Gasteiger partial charge is 0.493 e. The van der Waals surface area contributed by atoms with E-state index in [2.05, 4.69) is 17.1 Å². The van der Waals surface area contributed by atoms with Gasteiger partial charge < -0.3 is 20.1 Å².